The summed E-state index contributed by atoms with van der Waals surface area (Å²) in [5.74, 6) is -1.31. The van der Waals surface area contributed by atoms with Crippen molar-refractivity contribution >= 4 is 27.9 Å². The minimum absolute atomic E-state index is 0.0613. The van der Waals surface area contributed by atoms with Crippen LogP contribution in [-0.2, 0) is 23.8 Å². The first-order valence-electron chi connectivity index (χ1n) is 9.40. The van der Waals surface area contributed by atoms with Crippen molar-refractivity contribution in [1.82, 2.24) is 0 Å². The average Bonchev–Trinajstić information content (AvgIpc) is 2.72. The van der Waals surface area contributed by atoms with Crippen LogP contribution in [-0.4, -0.2) is 38.9 Å². The normalized spacial score (nSPS) is 15.7. The van der Waals surface area contributed by atoms with Crippen molar-refractivity contribution < 1.29 is 33.3 Å². The van der Waals surface area contributed by atoms with Gasteiger partial charge in [-0.15, -0.1) is 0 Å². The monoisotopic (exact) mass is 494 g/mol. The molecule has 0 saturated carbocycles. The third-order valence-corrected chi connectivity index (χ3v) is 4.92. The maximum absolute atomic E-state index is 12.7. The quantitative estimate of drug-likeness (QED) is 0.541. The van der Waals surface area contributed by atoms with Gasteiger partial charge in [0, 0.05) is 0 Å². The first kappa shape index (κ1) is 24.1. The molecule has 1 aliphatic heterocycles. The Hall–Kier alpha value is -3.19. The van der Waals surface area contributed by atoms with E-state index < -0.39 is 17.9 Å². The third kappa shape index (κ3) is 5.30. The van der Waals surface area contributed by atoms with Crippen LogP contribution in [0.1, 0.15) is 32.3 Å². The molecule has 1 unspecified atom stereocenters. The summed E-state index contributed by atoms with van der Waals surface area (Å²) in [5, 5.41) is 9.72. The predicted octanol–water partition coefficient (Wildman–Crippen LogP) is 3.04. The SMILES string of the molecule is CCOC(=O)C1=C(C)OC(N)=C(C#N)C1c1cc(Br)c(OCC(=O)OC)c(OCC)c1. The third-order valence-electron chi connectivity index (χ3n) is 4.33. The molecule has 9 nitrogen and oxygen atoms in total. The van der Waals surface area contributed by atoms with Crippen molar-refractivity contribution in [3.63, 3.8) is 0 Å². The molecule has 1 aromatic carbocycles. The van der Waals surface area contributed by atoms with Crippen LogP contribution in [0.3, 0.4) is 0 Å². The fourth-order valence-electron chi connectivity index (χ4n) is 3.04. The van der Waals surface area contributed by atoms with E-state index in [9.17, 15) is 14.9 Å². The molecule has 1 aliphatic rings. The van der Waals surface area contributed by atoms with Crippen molar-refractivity contribution in [2.75, 3.05) is 26.9 Å². The molecule has 1 heterocycles. The highest BCUT2D eigenvalue weighted by atomic mass is 79.9. The average molecular weight is 495 g/mol. The number of carbonyl (C=O) groups excluding carboxylic acids is 2. The Morgan fingerprint density at radius 2 is 1.97 bits per heavy atom. The van der Waals surface area contributed by atoms with Gasteiger partial charge in [0.2, 0.25) is 5.88 Å². The molecule has 0 fully saturated rings. The zero-order chi connectivity index (χ0) is 23.1. The van der Waals surface area contributed by atoms with Crippen molar-refractivity contribution in [1.29, 1.82) is 5.26 Å². The summed E-state index contributed by atoms with van der Waals surface area (Å²) in [6.07, 6.45) is 0. The molecule has 0 radical (unpaired) electrons. The molecular formula is C21H23BrN2O7. The predicted molar refractivity (Wildman–Crippen MR) is 113 cm³/mol. The lowest BCUT2D eigenvalue weighted by Crippen LogP contribution is -2.25. The second kappa shape index (κ2) is 10.7. The molecule has 1 aromatic rings. The van der Waals surface area contributed by atoms with Gasteiger partial charge in [0.05, 0.1) is 36.3 Å². The lowest BCUT2D eigenvalue weighted by molar-refractivity contribution is -0.143. The number of nitrogens with two attached hydrogens (primary N) is 1. The van der Waals surface area contributed by atoms with E-state index in [-0.39, 0.29) is 41.8 Å². The molecule has 2 rings (SSSR count). The maximum Gasteiger partial charge on any atom is 0.343 e. The summed E-state index contributed by atoms with van der Waals surface area (Å²) in [7, 11) is 1.25. The highest BCUT2D eigenvalue weighted by Gasteiger charge is 2.37. The number of nitriles is 1. The Morgan fingerprint density at radius 1 is 1.26 bits per heavy atom. The van der Waals surface area contributed by atoms with Gasteiger partial charge < -0.3 is 29.4 Å². The Kier molecular flexibility index (Phi) is 8.33. The van der Waals surface area contributed by atoms with Crippen molar-refractivity contribution in [2.45, 2.75) is 26.7 Å². The zero-order valence-corrected chi connectivity index (χ0v) is 19.2. The van der Waals surface area contributed by atoms with E-state index >= 15 is 0 Å². The Morgan fingerprint density at radius 3 is 2.55 bits per heavy atom. The summed E-state index contributed by atoms with van der Waals surface area (Å²) in [4.78, 5) is 24.2. The lowest BCUT2D eigenvalue weighted by Gasteiger charge is -2.27. The van der Waals surface area contributed by atoms with Crippen LogP contribution in [0.25, 0.3) is 0 Å². The Bertz CT molecular complexity index is 979. The minimum atomic E-state index is -0.844. The lowest BCUT2D eigenvalue weighted by atomic mass is 9.83. The van der Waals surface area contributed by atoms with E-state index in [1.807, 2.05) is 6.07 Å². The second-order valence-corrected chi connectivity index (χ2v) is 7.10. The molecule has 0 aliphatic carbocycles. The van der Waals surface area contributed by atoms with Crippen LogP contribution in [0, 0.1) is 11.3 Å². The number of halogens is 1. The Balaban J connectivity index is 2.63. The molecule has 0 amide bonds. The van der Waals surface area contributed by atoms with Crippen molar-refractivity contribution in [3.05, 3.63) is 45.0 Å². The standard InChI is InChI=1S/C21H23BrN2O7/c1-5-28-15-8-12(7-14(22)19(15)30-10-16(25)27-4)18-13(9-23)20(24)31-11(3)17(18)21(26)29-6-2/h7-8,18H,5-6,10,24H2,1-4H3. The maximum atomic E-state index is 12.7. The van der Waals surface area contributed by atoms with E-state index in [0.29, 0.717) is 22.4 Å². The summed E-state index contributed by atoms with van der Waals surface area (Å²) >= 11 is 3.42. The van der Waals surface area contributed by atoms with E-state index in [0.717, 1.165) is 0 Å². The number of nitrogens with zero attached hydrogens (tertiary/aromatic N) is 1. The van der Waals surface area contributed by atoms with Crippen LogP contribution in [0.15, 0.2) is 39.4 Å². The van der Waals surface area contributed by atoms with E-state index in [4.69, 9.17) is 24.7 Å². The fraction of sp³-hybridized carbons (Fsp3) is 0.381. The molecule has 10 heteroatoms. The molecule has 0 bridgehead atoms. The van der Waals surface area contributed by atoms with Crippen molar-refractivity contribution in [2.24, 2.45) is 5.73 Å². The fourth-order valence-corrected chi connectivity index (χ4v) is 3.61. The van der Waals surface area contributed by atoms with Gasteiger partial charge in [-0.2, -0.15) is 5.26 Å². The number of rotatable bonds is 8. The largest absolute Gasteiger partial charge is 0.490 e. The number of methoxy groups -OCH3 is 1. The number of hydrogen-bond donors (Lipinski definition) is 1. The highest BCUT2D eigenvalue weighted by molar-refractivity contribution is 9.10. The molecule has 0 aromatic heterocycles. The number of allylic oxidation sites excluding steroid dienone is 2. The van der Waals surface area contributed by atoms with Crippen LogP contribution in [0.4, 0.5) is 0 Å². The molecular weight excluding hydrogens is 472 g/mol. The van der Waals surface area contributed by atoms with Gasteiger partial charge >= 0.3 is 11.9 Å². The minimum Gasteiger partial charge on any atom is -0.490 e. The molecule has 2 N–H and O–H groups in total. The van der Waals surface area contributed by atoms with E-state index in [2.05, 4.69) is 20.7 Å². The van der Waals surface area contributed by atoms with Crippen LogP contribution >= 0.6 is 15.9 Å². The summed E-state index contributed by atoms with van der Waals surface area (Å²) < 4.78 is 26.9. The van der Waals surface area contributed by atoms with Crippen LogP contribution < -0.4 is 15.2 Å². The number of hydrogen-bond acceptors (Lipinski definition) is 9. The van der Waals surface area contributed by atoms with E-state index in [1.165, 1.54) is 7.11 Å². The molecule has 166 valence electrons. The Labute approximate surface area is 188 Å². The van der Waals surface area contributed by atoms with Crippen molar-refractivity contribution in [3.8, 4) is 17.6 Å². The first-order valence-corrected chi connectivity index (χ1v) is 10.2. The molecule has 31 heavy (non-hydrogen) atoms. The van der Waals surface area contributed by atoms with Gasteiger partial charge in [0.1, 0.15) is 17.4 Å². The topological polar surface area (TPSA) is 130 Å². The summed E-state index contributed by atoms with van der Waals surface area (Å²) in [5.41, 5.74) is 6.67. The second-order valence-electron chi connectivity index (χ2n) is 6.24. The number of ether oxygens (including phenoxy) is 5. The number of benzene rings is 1. The molecule has 0 saturated heterocycles. The van der Waals surface area contributed by atoms with Gasteiger partial charge in [-0.25, -0.2) is 9.59 Å². The van der Waals surface area contributed by atoms with Gasteiger partial charge in [-0.3, -0.25) is 0 Å². The van der Waals surface area contributed by atoms with Gasteiger partial charge in [-0.05, 0) is 54.4 Å². The smallest absolute Gasteiger partial charge is 0.343 e. The van der Waals surface area contributed by atoms with Crippen LogP contribution in [0.5, 0.6) is 11.5 Å². The summed E-state index contributed by atoms with van der Waals surface area (Å²) in [6.45, 7) is 5.17. The van der Waals surface area contributed by atoms with E-state index in [1.54, 1.807) is 32.9 Å². The van der Waals surface area contributed by atoms with Gasteiger partial charge in [0.25, 0.3) is 0 Å². The van der Waals surface area contributed by atoms with Gasteiger partial charge in [0.15, 0.2) is 18.1 Å². The molecule has 0 spiro atoms. The number of carbonyl (C=O) groups is 2. The van der Waals surface area contributed by atoms with Gasteiger partial charge in [-0.1, -0.05) is 0 Å². The number of esters is 2. The summed E-state index contributed by atoms with van der Waals surface area (Å²) in [6, 6.07) is 5.30. The highest BCUT2D eigenvalue weighted by Crippen LogP contribution is 2.45. The zero-order valence-electron chi connectivity index (χ0n) is 17.6. The molecule has 1 atom stereocenters. The first-order chi connectivity index (χ1) is 14.8. The van der Waals surface area contributed by atoms with Crippen LogP contribution in [0.2, 0.25) is 0 Å².